The summed E-state index contributed by atoms with van der Waals surface area (Å²) in [5.74, 6) is 0.682. The highest BCUT2D eigenvalue weighted by Crippen LogP contribution is 2.20. The van der Waals surface area contributed by atoms with Gasteiger partial charge < -0.3 is 16.2 Å². The first-order chi connectivity index (χ1) is 13.0. The first-order valence-corrected chi connectivity index (χ1v) is 9.62. The predicted octanol–water partition coefficient (Wildman–Crippen LogP) is 3.97. The van der Waals surface area contributed by atoms with Crippen molar-refractivity contribution in [2.75, 3.05) is 31.2 Å². The van der Waals surface area contributed by atoms with Gasteiger partial charge in [0, 0.05) is 17.2 Å². The van der Waals surface area contributed by atoms with Gasteiger partial charge in [-0.2, -0.15) is 0 Å². The van der Waals surface area contributed by atoms with Crippen LogP contribution in [0.15, 0.2) is 42.5 Å². The second-order valence-electron chi connectivity index (χ2n) is 6.89. The van der Waals surface area contributed by atoms with Gasteiger partial charge in [-0.3, -0.25) is 9.69 Å². The zero-order valence-electron chi connectivity index (χ0n) is 16.6. The summed E-state index contributed by atoms with van der Waals surface area (Å²) in [6.45, 7) is 9.37. The maximum absolute atomic E-state index is 12.6. The zero-order valence-corrected chi connectivity index (χ0v) is 16.6. The van der Waals surface area contributed by atoms with Crippen molar-refractivity contribution in [2.24, 2.45) is 0 Å². The lowest BCUT2D eigenvalue weighted by Crippen LogP contribution is -2.38. The lowest BCUT2D eigenvalue weighted by atomic mass is 10.0. The van der Waals surface area contributed by atoms with Crippen LogP contribution in [0.5, 0.6) is 5.75 Å². The summed E-state index contributed by atoms with van der Waals surface area (Å²) in [5.41, 5.74) is 13.5. The van der Waals surface area contributed by atoms with Crippen molar-refractivity contribution in [3.63, 3.8) is 0 Å². The van der Waals surface area contributed by atoms with Crippen molar-refractivity contribution >= 4 is 17.2 Å². The Balaban J connectivity index is 1.98. The van der Waals surface area contributed by atoms with Crippen LogP contribution in [0, 0.1) is 0 Å². The maximum atomic E-state index is 12.6. The molecule has 0 saturated carbocycles. The van der Waals surface area contributed by atoms with E-state index in [2.05, 4.69) is 25.7 Å². The molecule has 146 valence electrons. The topological polar surface area (TPSA) is 81.6 Å². The summed E-state index contributed by atoms with van der Waals surface area (Å²) in [6.07, 6.45) is 2.27. The fourth-order valence-corrected chi connectivity index (χ4v) is 3.03. The Hall–Kier alpha value is -2.53. The molecule has 27 heavy (non-hydrogen) atoms. The number of benzene rings is 2. The van der Waals surface area contributed by atoms with Gasteiger partial charge in [-0.1, -0.05) is 13.8 Å². The molecular weight excluding hydrogens is 338 g/mol. The Labute approximate surface area is 162 Å². The average Bonchev–Trinajstić information content (AvgIpc) is 2.68. The molecule has 2 aromatic carbocycles. The number of ether oxygens (including phenoxy) is 1. The minimum atomic E-state index is -0.0846. The summed E-state index contributed by atoms with van der Waals surface area (Å²) in [7, 11) is 0. The van der Waals surface area contributed by atoms with Gasteiger partial charge in [0.25, 0.3) is 0 Å². The summed E-state index contributed by atoms with van der Waals surface area (Å²) >= 11 is 0. The molecule has 0 amide bonds. The van der Waals surface area contributed by atoms with Gasteiger partial charge in [0.2, 0.25) is 0 Å². The van der Waals surface area contributed by atoms with Crippen LogP contribution in [-0.4, -0.2) is 36.4 Å². The smallest absolute Gasteiger partial charge is 0.193 e. The number of hydrogen-bond donors (Lipinski definition) is 2. The number of anilines is 2. The van der Waals surface area contributed by atoms with Crippen molar-refractivity contribution in [1.82, 2.24) is 4.90 Å². The molecule has 1 unspecified atom stereocenters. The van der Waals surface area contributed by atoms with Crippen LogP contribution >= 0.6 is 0 Å². The number of hydrogen-bond acceptors (Lipinski definition) is 5. The van der Waals surface area contributed by atoms with Gasteiger partial charge >= 0.3 is 0 Å². The van der Waals surface area contributed by atoms with E-state index in [1.165, 1.54) is 0 Å². The first-order valence-electron chi connectivity index (χ1n) is 9.62. The van der Waals surface area contributed by atoms with Crippen LogP contribution in [0.25, 0.3) is 0 Å². The predicted molar refractivity (Wildman–Crippen MR) is 112 cm³/mol. The van der Waals surface area contributed by atoms with Gasteiger partial charge in [-0.15, -0.1) is 0 Å². The molecule has 0 spiro atoms. The van der Waals surface area contributed by atoms with Gasteiger partial charge in [-0.25, -0.2) is 0 Å². The standard InChI is InChI=1S/C22H31N3O2/c1-4-12-25(13-5-2)16(3)15-27-19-9-6-17(7-10-19)22(26)18-8-11-20(23)21(24)14-18/h6-11,14,16H,4-5,12-13,15,23-24H2,1-3H3. The van der Waals surface area contributed by atoms with Crippen LogP contribution in [0.1, 0.15) is 49.5 Å². The molecule has 0 heterocycles. The summed E-state index contributed by atoms with van der Waals surface area (Å²) < 4.78 is 5.93. The fraction of sp³-hybridized carbons (Fsp3) is 0.409. The van der Waals surface area contributed by atoms with E-state index in [0.717, 1.165) is 31.7 Å². The molecule has 0 fully saturated rings. The van der Waals surface area contributed by atoms with Crippen LogP contribution in [-0.2, 0) is 0 Å². The van der Waals surface area contributed by atoms with Crippen molar-refractivity contribution in [3.05, 3.63) is 53.6 Å². The third-order valence-corrected chi connectivity index (χ3v) is 4.60. The quantitative estimate of drug-likeness (QED) is 0.489. The lowest BCUT2D eigenvalue weighted by Gasteiger charge is -2.28. The largest absolute Gasteiger partial charge is 0.492 e. The van der Waals surface area contributed by atoms with Crippen LogP contribution in [0.2, 0.25) is 0 Å². The third-order valence-electron chi connectivity index (χ3n) is 4.60. The molecule has 4 N–H and O–H groups in total. The molecule has 5 heteroatoms. The van der Waals surface area contributed by atoms with Crippen molar-refractivity contribution in [1.29, 1.82) is 0 Å². The van der Waals surface area contributed by atoms with Crippen molar-refractivity contribution < 1.29 is 9.53 Å². The maximum Gasteiger partial charge on any atom is 0.193 e. The molecule has 2 aromatic rings. The van der Waals surface area contributed by atoms with Gasteiger partial charge in [0.05, 0.1) is 11.4 Å². The molecular formula is C22H31N3O2. The Morgan fingerprint density at radius 2 is 1.56 bits per heavy atom. The number of carbonyl (C=O) groups excluding carboxylic acids is 1. The zero-order chi connectivity index (χ0) is 19.8. The van der Waals surface area contributed by atoms with Crippen LogP contribution < -0.4 is 16.2 Å². The van der Waals surface area contributed by atoms with E-state index in [0.29, 0.717) is 35.2 Å². The number of rotatable bonds is 10. The summed E-state index contributed by atoms with van der Waals surface area (Å²) in [6, 6.07) is 12.5. The molecule has 0 bridgehead atoms. The number of carbonyl (C=O) groups is 1. The molecule has 5 nitrogen and oxygen atoms in total. The van der Waals surface area contributed by atoms with E-state index in [4.69, 9.17) is 16.2 Å². The highest BCUT2D eigenvalue weighted by Gasteiger charge is 2.14. The molecule has 0 aliphatic rings. The molecule has 0 aliphatic carbocycles. The van der Waals surface area contributed by atoms with E-state index in [-0.39, 0.29) is 5.78 Å². The molecule has 0 aromatic heterocycles. The Morgan fingerprint density at radius 3 is 2.11 bits per heavy atom. The second kappa shape index (κ2) is 9.97. The fourth-order valence-electron chi connectivity index (χ4n) is 3.03. The number of nitrogen functional groups attached to an aromatic ring is 2. The molecule has 2 rings (SSSR count). The van der Waals surface area contributed by atoms with Gasteiger partial charge in [0.15, 0.2) is 5.78 Å². The lowest BCUT2D eigenvalue weighted by molar-refractivity contribution is 0.103. The molecule has 0 radical (unpaired) electrons. The van der Waals surface area contributed by atoms with Crippen molar-refractivity contribution in [3.8, 4) is 5.75 Å². The first kappa shape index (κ1) is 20.8. The molecule has 0 aliphatic heterocycles. The summed E-state index contributed by atoms with van der Waals surface area (Å²) in [5, 5.41) is 0. The summed E-state index contributed by atoms with van der Waals surface area (Å²) in [4.78, 5) is 15.0. The Morgan fingerprint density at radius 1 is 0.963 bits per heavy atom. The number of nitrogens with two attached hydrogens (primary N) is 2. The number of ketones is 1. The van der Waals surface area contributed by atoms with E-state index in [1.807, 2.05) is 12.1 Å². The molecule has 0 saturated heterocycles. The van der Waals surface area contributed by atoms with E-state index in [1.54, 1.807) is 30.3 Å². The normalized spacial score (nSPS) is 12.1. The van der Waals surface area contributed by atoms with Crippen molar-refractivity contribution in [2.45, 2.75) is 39.7 Å². The van der Waals surface area contributed by atoms with E-state index in [9.17, 15) is 4.79 Å². The monoisotopic (exact) mass is 369 g/mol. The second-order valence-corrected chi connectivity index (χ2v) is 6.89. The number of nitrogens with zero attached hydrogens (tertiary/aromatic N) is 1. The third kappa shape index (κ3) is 5.73. The van der Waals surface area contributed by atoms with Gasteiger partial charge in [-0.05, 0) is 75.3 Å². The van der Waals surface area contributed by atoms with Crippen LogP contribution in [0.3, 0.4) is 0 Å². The highest BCUT2D eigenvalue weighted by molar-refractivity contribution is 6.09. The average molecular weight is 370 g/mol. The Bertz CT molecular complexity index is 738. The SMILES string of the molecule is CCCN(CCC)C(C)COc1ccc(C(=O)c2ccc(N)c(N)c2)cc1. The van der Waals surface area contributed by atoms with Crippen LogP contribution in [0.4, 0.5) is 11.4 Å². The Kier molecular flexibility index (Phi) is 7.67. The van der Waals surface area contributed by atoms with E-state index < -0.39 is 0 Å². The van der Waals surface area contributed by atoms with Gasteiger partial charge in [0.1, 0.15) is 12.4 Å². The van der Waals surface area contributed by atoms with E-state index >= 15 is 0 Å². The minimum Gasteiger partial charge on any atom is -0.492 e. The minimum absolute atomic E-state index is 0.0846. The highest BCUT2D eigenvalue weighted by atomic mass is 16.5. The molecule has 1 atom stereocenters.